The van der Waals surface area contributed by atoms with Crippen molar-refractivity contribution < 1.29 is 8.95 Å². The second-order valence-corrected chi connectivity index (χ2v) is 9.19. The minimum absolute atomic E-state index is 0. The molecule has 0 spiro atoms. The van der Waals surface area contributed by atoms with Gasteiger partial charge in [-0.3, -0.25) is 9.20 Å². The molecule has 1 N–H and O–H groups in total. The van der Waals surface area contributed by atoms with E-state index < -0.39 is 10.8 Å². The van der Waals surface area contributed by atoms with Crippen LogP contribution in [0.1, 0.15) is 24.5 Å². The highest BCUT2D eigenvalue weighted by Gasteiger charge is 2.25. The molecule has 2 unspecified atom stereocenters. The van der Waals surface area contributed by atoms with Gasteiger partial charge in [-0.25, -0.2) is 0 Å². The van der Waals surface area contributed by atoms with E-state index in [4.69, 9.17) is 9.73 Å². The Bertz CT molecular complexity index is 805. The second kappa shape index (κ2) is 14.6. The van der Waals surface area contributed by atoms with E-state index in [2.05, 4.69) is 29.3 Å². The first-order valence-electron chi connectivity index (χ1n) is 10.8. The van der Waals surface area contributed by atoms with Crippen molar-refractivity contribution in [2.24, 2.45) is 10.9 Å². The van der Waals surface area contributed by atoms with Crippen molar-refractivity contribution in [3.05, 3.63) is 71.8 Å². The predicted octanol–water partition coefficient (Wildman–Crippen LogP) is 4.06. The van der Waals surface area contributed by atoms with Gasteiger partial charge in [0.2, 0.25) is 0 Å². The second-order valence-electron chi connectivity index (χ2n) is 7.61. The lowest BCUT2D eigenvalue weighted by Crippen LogP contribution is -2.40. The van der Waals surface area contributed by atoms with Gasteiger partial charge < -0.3 is 15.0 Å². The van der Waals surface area contributed by atoms with Crippen molar-refractivity contribution in [3.8, 4) is 0 Å². The van der Waals surface area contributed by atoms with Gasteiger partial charge in [-0.05, 0) is 24.5 Å². The van der Waals surface area contributed by atoms with Crippen LogP contribution in [0.3, 0.4) is 0 Å². The summed E-state index contributed by atoms with van der Waals surface area (Å²) >= 11 is 0. The minimum Gasteiger partial charge on any atom is -0.376 e. The summed E-state index contributed by atoms with van der Waals surface area (Å²) in [5.74, 6) is 2.63. The standard InChI is InChI=1S/C24H33N3O2S.HI/c1-2-25-24(26-14-16-30(28)20-22-11-7-4-8-12-22)27-15-13-23(17-27)19-29-18-21-9-5-3-6-10-21;/h3-12,23H,2,13-20H2,1H3,(H,25,26);1H. The number of hydrogen-bond donors (Lipinski definition) is 1. The number of rotatable bonds is 10. The number of benzene rings is 2. The van der Waals surface area contributed by atoms with Gasteiger partial charge >= 0.3 is 0 Å². The molecule has 1 heterocycles. The molecule has 3 rings (SSSR count). The molecule has 2 atom stereocenters. The molecule has 0 radical (unpaired) electrons. The van der Waals surface area contributed by atoms with Gasteiger partial charge in [0, 0.05) is 47.9 Å². The van der Waals surface area contributed by atoms with Crippen molar-refractivity contribution in [2.75, 3.05) is 38.5 Å². The first-order chi connectivity index (χ1) is 14.7. The molecule has 1 aliphatic heterocycles. The number of nitrogens with zero attached hydrogens (tertiary/aromatic N) is 2. The maximum atomic E-state index is 12.4. The average molecular weight is 556 g/mol. The maximum absolute atomic E-state index is 12.4. The summed E-state index contributed by atoms with van der Waals surface area (Å²) in [5.41, 5.74) is 2.33. The molecule has 2 aromatic rings. The topological polar surface area (TPSA) is 53.9 Å². The fraction of sp³-hybridized carbons (Fsp3) is 0.458. The molecular formula is C24H34IN3O2S. The van der Waals surface area contributed by atoms with Crippen LogP contribution in [0, 0.1) is 5.92 Å². The monoisotopic (exact) mass is 555 g/mol. The summed E-state index contributed by atoms with van der Waals surface area (Å²) in [6.45, 7) is 6.86. The van der Waals surface area contributed by atoms with Crippen molar-refractivity contribution in [1.82, 2.24) is 10.2 Å². The molecular weight excluding hydrogens is 521 g/mol. The SMILES string of the molecule is CCNC(=NCCS(=O)Cc1ccccc1)N1CCC(COCc2ccccc2)C1.I. The zero-order valence-electron chi connectivity index (χ0n) is 18.2. The lowest BCUT2D eigenvalue weighted by molar-refractivity contribution is 0.0907. The highest BCUT2D eigenvalue weighted by Crippen LogP contribution is 2.17. The molecule has 0 saturated carbocycles. The number of guanidine groups is 1. The van der Waals surface area contributed by atoms with Crippen LogP contribution < -0.4 is 5.32 Å². The van der Waals surface area contributed by atoms with Gasteiger partial charge in [0.15, 0.2) is 5.96 Å². The number of aliphatic imine (C=N–C) groups is 1. The van der Waals surface area contributed by atoms with Gasteiger partial charge in [0.25, 0.3) is 0 Å². The molecule has 2 aromatic carbocycles. The quantitative estimate of drug-likeness (QED) is 0.273. The van der Waals surface area contributed by atoms with Gasteiger partial charge in [0.05, 0.1) is 19.8 Å². The summed E-state index contributed by atoms with van der Waals surface area (Å²) in [5, 5.41) is 3.39. The van der Waals surface area contributed by atoms with E-state index in [-0.39, 0.29) is 24.0 Å². The third-order valence-electron chi connectivity index (χ3n) is 5.14. The van der Waals surface area contributed by atoms with Crippen LogP contribution in [0.5, 0.6) is 0 Å². The summed E-state index contributed by atoms with van der Waals surface area (Å²) in [6, 6.07) is 20.3. The van der Waals surface area contributed by atoms with Crippen LogP contribution in [0.4, 0.5) is 0 Å². The number of hydrogen-bond acceptors (Lipinski definition) is 3. The first kappa shape index (κ1) is 25.8. The van der Waals surface area contributed by atoms with E-state index in [0.29, 0.717) is 30.6 Å². The Morgan fingerprint density at radius 1 is 1.13 bits per heavy atom. The molecule has 1 saturated heterocycles. The van der Waals surface area contributed by atoms with Crippen LogP contribution in [-0.2, 0) is 27.9 Å². The van der Waals surface area contributed by atoms with Crippen molar-refractivity contribution >= 4 is 40.7 Å². The van der Waals surface area contributed by atoms with Gasteiger partial charge in [-0.2, -0.15) is 0 Å². The smallest absolute Gasteiger partial charge is 0.193 e. The number of likely N-dealkylation sites (tertiary alicyclic amines) is 1. The summed E-state index contributed by atoms with van der Waals surface area (Å²) < 4.78 is 18.3. The molecule has 1 aliphatic rings. The largest absolute Gasteiger partial charge is 0.376 e. The summed E-state index contributed by atoms with van der Waals surface area (Å²) in [4.78, 5) is 7.04. The highest BCUT2D eigenvalue weighted by atomic mass is 127. The van der Waals surface area contributed by atoms with Gasteiger partial charge in [0.1, 0.15) is 0 Å². The molecule has 5 nitrogen and oxygen atoms in total. The van der Waals surface area contributed by atoms with Crippen LogP contribution in [0.2, 0.25) is 0 Å². The Balaban J connectivity index is 0.00000341. The number of nitrogens with one attached hydrogen (secondary N) is 1. The van der Waals surface area contributed by atoms with Crippen LogP contribution in [-0.4, -0.2) is 53.6 Å². The maximum Gasteiger partial charge on any atom is 0.193 e. The molecule has 0 bridgehead atoms. The average Bonchev–Trinajstić information content (AvgIpc) is 3.23. The molecule has 170 valence electrons. The molecule has 0 aliphatic carbocycles. The Labute approximate surface area is 206 Å². The summed E-state index contributed by atoms with van der Waals surface area (Å²) in [7, 11) is -0.896. The normalized spacial score (nSPS) is 17.3. The number of halogens is 1. The Hall–Kier alpha value is -1.45. The Morgan fingerprint density at radius 3 is 2.48 bits per heavy atom. The van der Waals surface area contributed by atoms with Crippen LogP contribution >= 0.6 is 24.0 Å². The van der Waals surface area contributed by atoms with E-state index >= 15 is 0 Å². The lowest BCUT2D eigenvalue weighted by atomic mass is 10.1. The fourth-order valence-electron chi connectivity index (χ4n) is 3.59. The molecule has 1 fully saturated rings. The van der Waals surface area contributed by atoms with Gasteiger partial charge in [-0.1, -0.05) is 60.7 Å². The van der Waals surface area contributed by atoms with Crippen molar-refractivity contribution in [3.63, 3.8) is 0 Å². The van der Waals surface area contributed by atoms with Crippen molar-refractivity contribution in [1.29, 1.82) is 0 Å². The van der Waals surface area contributed by atoms with Crippen molar-refractivity contribution in [2.45, 2.75) is 25.7 Å². The van der Waals surface area contributed by atoms with Crippen LogP contribution in [0.15, 0.2) is 65.7 Å². The Morgan fingerprint density at radius 2 is 1.81 bits per heavy atom. The van der Waals surface area contributed by atoms with E-state index in [1.807, 2.05) is 48.5 Å². The predicted molar refractivity (Wildman–Crippen MR) is 140 cm³/mol. The Kier molecular flexibility index (Phi) is 12.1. The third-order valence-corrected chi connectivity index (χ3v) is 6.43. The van der Waals surface area contributed by atoms with E-state index in [1.165, 1.54) is 5.56 Å². The van der Waals surface area contributed by atoms with Crippen LogP contribution in [0.25, 0.3) is 0 Å². The molecule has 0 amide bonds. The molecule has 0 aromatic heterocycles. The molecule has 7 heteroatoms. The lowest BCUT2D eigenvalue weighted by Gasteiger charge is -2.21. The zero-order chi connectivity index (χ0) is 21.0. The zero-order valence-corrected chi connectivity index (χ0v) is 21.4. The minimum atomic E-state index is -0.896. The highest BCUT2D eigenvalue weighted by molar-refractivity contribution is 14.0. The van der Waals surface area contributed by atoms with E-state index in [0.717, 1.165) is 44.2 Å². The number of ether oxygens (including phenoxy) is 1. The first-order valence-corrected chi connectivity index (χ1v) is 12.3. The van der Waals surface area contributed by atoms with E-state index in [9.17, 15) is 4.21 Å². The molecule has 31 heavy (non-hydrogen) atoms. The van der Waals surface area contributed by atoms with Gasteiger partial charge in [-0.15, -0.1) is 24.0 Å². The fourth-order valence-corrected chi connectivity index (χ4v) is 4.59. The van der Waals surface area contributed by atoms with E-state index in [1.54, 1.807) is 0 Å². The third kappa shape index (κ3) is 9.29. The summed E-state index contributed by atoms with van der Waals surface area (Å²) in [6.07, 6.45) is 1.11.